The van der Waals surface area contributed by atoms with Crippen LogP contribution in [0.5, 0.6) is 0 Å². The molecule has 0 bridgehead atoms. The predicted octanol–water partition coefficient (Wildman–Crippen LogP) is 2.31. The third kappa shape index (κ3) is 3.80. The Kier molecular flexibility index (Phi) is 4.77. The summed E-state index contributed by atoms with van der Waals surface area (Å²) in [5.74, 6) is -0.210. The van der Waals surface area contributed by atoms with Gasteiger partial charge in [0.15, 0.2) is 4.34 Å². The lowest BCUT2D eigenvalue weighted by atomic mass is 10.3. The molecule has 0 radical (unpaired) electrons. The third-order valence-electron chi connectivity index (χ3n) is 3.18. The van der Waals surface area contributed by atoms with Crippen molar-refractivity contribution in [2.24, 2.45) is 0 Å². The van der Waals surface area contributed by atoms with Crippen LogP contribution in [0, 0.1) is 0 Å². The van der Waals surface area contributed by atoms with Gasteiger partial charge in [0.25, 0.3) is 0 Å². The van der Waals surface area contributed by atoms with Crippen LogP contribution in [0.2, 0.25) is 0 Å². The first kappa shape index (κ1) is 15.8. The second kappa shape index (κ2) is 6.97. The van der Waals surface area contributed by atoms with E-state index in [0.717, 1.165) is 5.69 Å². The van der Waals surface area contributed by atoms with Crippen molar-refractivity contribution in [2.75, 3.05) is 18.4 Å². The summed E-state index contributed by atoms with van der Waals surface area (Å²) in [4.78, 5) is 25.0. The van der Waals surface area contributed by atoms with E-state index in [4.69, 9.17) is 0 Å². The molecule has 1 aliphatic rings. The van der Waals surface area contributed by atoms with Gasteiger partial charge in [0.05, 0.1) is 5.25 Å². The molecule has 23 heavy (non-hydrogen) atoms. The number of carbonyl (C=O) groups is 2. The monoisotopic (exact) mass is 349 g/mol. The number of hydrogen-bond acceptors (Lipinski definition) is 7. The van der Waals surface area contributed by atoms with Crippen molar-refractivity contribution < 1.29 is 9.59 Å². The Labute approximate surface area is 141 Å². The van der Waals surface area contributed by atoms with Gasteiger partial charge in [0.1, 0.15) is 0 Å². The standard InChI is InChI=1S/C14H15N5O2S2/c1-9(11(20)19-8-7-15-13(19)21)22-14-18-17-12(23-14)16-10-5-3-2-4-6-10/h2-6,9H,7-8H2,1H3,(H,15,21)(H,16,17)/t9-/m1/s1. The fourth-order valence-electron chi connectivity index (χ4n) is 2.06. The zero-order valence-corrected chi connectivity index (χ0v) is 14.0. The number of benzene rings is 1. The Morgan fingerprint density at radius 2 is 2.17 bits per heavy atom. The van der Waals surface area contributed by atoms with Crippen LogP contribution in [0.15, 0.2) is 34.7 Å². The Morgan fingerprint density at radius 3 is 2.87 bits per heavy atom. The van der Waals surface area contributed by atoms with Crippen molar-refractivity contribution in [2.45, 2.75) is 16.5 Å². The molecule has 3 rings (SSSR count). The molecule has 0 aliphatic carbocycles. The number of thioether (sulfide) groups is 1. The maximum atomic E-state index is 12.2. The topological polar surface area (TPSA) is 87.2 Å². The molecule has 0 unspecified atom stereocenters. The van der Waals surface area contributed by atoms with Crippen LogP contribution in [0.4, 0.5) is 15.6 Å². The number of rotatable bonds is 5. The molecule has 2 N–H and O–H groups in total. The highest BCUT2D eigenvalue weighted by Gasteiger charge is 2.30. The minimum Gasteiger partial charge on any atom is -0.336 e. The predicted molar refractivity (Wildman–Crippen MR) is 90.1 cm³/mol. The van der Waals surface area contributed by atoms with Gasteiger partial charge < -0.3 is 10.6 Å². The fraction of sp³-hybridized carbons (Fsp3) is 0.286. The van der Waals surface area contributed by atoms with E-state index in [1.165, 1.54) is 28.0 Å². The van der Waals surface area contributed by atoms with Crippen LogP contribution < -0.4 is 10.6 Å². The summed E-state index contributed by atoms with van der Waals surface area (Å²) in [6, 6.07) is 9.35. The SMILES string of the molecule is C[C@@H](Sc1nnc(Nc2ccccc2)s1)C(=O)N1CCNC1=O. The van der Waals surface area contributed by atoms with Crippen molar-refractivity contribution in [1.29, 1.82) is 0 Å². The minimum atomic E-state index is -0.392. The van der Waals surface area contributed by atoms with Crippen LogP contribution in [0.1, 0.15) is 6.92 Å². The molecule has 1 aromatic carbocycles. The van der Waals surface area contributed by atoms with Crippen LogP contribution in [0.3, 0.4) is 0 Å². The Bertz CT molecular complexity index is 706. The molecule has 1 fully saturated rings. The maximum Gasteiger partial charge on any atom is 0.324 e. The highest BCUT2D eigenvalue weighted by molar-refractivity contribution is 8.02. The molecular weight excluding hydrogens is 334 g/mol. The van der Waals surface area contributed by atoms with E-state index in [-0.39, 0.29) is 11.9 Å². The molecule has 2 aromatic rings. The van der Waals surface area contributed by atoms with Gasteiger partial charge in [-0.1, -0.05) is 41.3 Å². The van der Waals surface area contributed by atoms with Gasteiger partial charge in [-0.25, -0.2) is 4.79 Å². The van der Waals surface area contributed by atoms with Gasteiger partial charge in [-0.05, 0) is 19.1 Å². The summed E-state index contributed by atoms with van der Waals surface area (Å²) < 4.78 is 0.684. The van der Waals surface area contributed by atoms with Gasteiger partial charge >= 0.3 is 6.03 Å². The largest absolute Gasteiger partial charge is 0.336 e. The van der Waals surface area contributed by atoms with Crippen molar-refractivity contribution in [3.05, 3.63) is 30.3 Å². The van der Waals surface area contributed by atoms with Crippen molar-refractivity contribution in [1.82, 2.24) is 20.4 Å². The van der Waals surface area contributed by atoms with E-state index in [9.17, 15) is 9.59 Å². The summed E-state index contributed by atoms with van der Waals surface area (Å²) in [6.07, 6.45) is 0. The van der Waals surface area contributed by atoms with Crippen molar-refractivity contribution >= 4 is 45.9 Å². The maximum absolute atomic E-state index is 12.2. The molecule has 7 nitrogen and oxygen atoms in total. The van der Waals surface area contributed by atoms with E-state index < -0.39 is 5.25 Å². The smallest absolute Gasteiger partial charge is 0.324 e. The molecule has 3 amide bonds. The van der Waals surface area contributed by atoms with E-state index in [2.05, 4.69) is 20.8 Å². The number of nitrogens with zero attached hydrogens (tertiary/aromatic N) is 3. The van der Waals surface area contributed by atoms with E-state index in [0.29, 0.717) is 22.6 Å². The number of aromatic nitrogens is 2. The summed E-state index contributed by atoms with van der Waals surface area (Å²) >= 11 is 2.68. The highest BCUT2D eigenvalue weighted by Crippen LogP contribution is 2.31. The Hall–Kier alpha value is -2.13. The molecule has 9 heteroatoms. The van der Waals surface area contributed by atoms with Crippen LogP contribution in [0.25, 0.3) is 0 Å². The number of imide groups is 1. The first-order valence-corrected chi connectivity index (χ1v) is 8.74. The van der Waals surface area contributed by atoms with E-state index >= 15 is 0 Å². The number of anilines is 2. The lowest BCUT2D eigenvalue weighted by Gasteiger charge is -2.16. The molecule has 1 aliphatic heterocycles. The number of carbonyl (C=O) groups excluding carboxylic acids is 2. The second-order valence-corrected chi connectivity index (χ2v) is 7.41. The molecule has 2 heterocycles. The Balaban J connectivity index is 1.60. The summed E-state index contributed by atoms with van der Waals surface area (Å²) in [6.45, 7) is 2.69. The molecule has 1 saturated heterocycles. The first-order chi connectivity index (χ1) is 11.1. The first-order valence-electron chi connectivity index (χ1n) is 7.05. The van der Waals surface area contributed by atoms with E-state index in [1.807, 2.05) is 30.3 Å². The molecule has 120 valence electrons. The third-order valence-corrected chi connectivity index (χ3v) is 5.19. The van der Waals surface area contributed by atoms with Crippen molar-refractivity contribution in [3.8, 4) is 0 Å². The number of para-hydroxylation sites is 1. The lowest BCUT2D eigenvalue weighted by molar-refractivity contribution is -0.126. The average molecular weight is 349 g/mol. The summed E-state index contributed by atoms with van der Waals surface area (Å²) in [5.41, 5.74) is 0.929. The molecule has 0 saturated carbocycles. The highest BCUT2D eigenvalue weighted by atomic mass is 32.2. The quantitative estimate of drug-likeness (QED) is 0.806. The number of nitrogens with one attached hydrogen (secondary N) is 2. The van der Waals surface area contributed by atoms with E-state index in [1.54, 1.807) is 6.92 Å². The summed E-state index contributed by atoms with van der Waals surface area (Å²) in [7, 11) is 0. The second-order valence-electron chi connectivity index (χ2n) is 4.85. The molecular formula is C14H15N5O2S2. The normalized spacial score (nSPS) is 15.3. The molecule has 1 aromatic heterocycles. The average Bonchev–Trinajstić information content (AvgIpc) is 3.16. The molecule has 0 spiro atoms. The van der Waals surface area contributed by atoms with Crippen molar-refractivity contribution in [3.63, 3.8) is 0 Å². The summed E-state index contributed by atoms with van der Waals surface area (Å²) in [5, 5.41) is 14.2. The fourth-order valence-corrected chi connectivity index (χ4v) is 4.03. The van der Waals surface area contributed by atoms with Crippen LogP contribution in [-0.4, -0.2) is 45.4 Å². The zero-order chi connectivity index (χ0) is 16.2. The van der Waals surface area contributed by atoms with Gasteiger partial charge in [-0.15, -0.1) is 10.2 Å². The van der Waals surface area contributed by atoms with Gasteiger partial charge in [-0.2, -0.15) is 0 Å². The van der Waals surface area contributed by atoms with Crippen LogP contribution >= 0.6 is 23.1 Å². The number of urea groups is 1. The van der Waals surface area contributed by atoms with Gasteiger partial charge in [0.2, 0.25) is 11.0 Å². The zero-order valence-electron chi connectivity index (χ0n) is 12.4. The minimum absolute atomic E-state index is 0.210. The van der Waals surface area contributed by atoms with Gasteiger partial charge in [0, 0.05) is 18.8 Å². The van der Waals surface area contributed by atoms with Gasteiger partial charge in [-0.3, -0.25) is 9.69 Å². The lowest BCUT2D eigenvalue weighted by Crippen LogP contribution is -2.38. The Morgan fingerprint density at radius 1 is 1.39 bits per heavy atom. The molecule has 1 atom stereocenters. The van der Waals surface area contributed by atoms with Crippen LogP contribution in [-0.2, 0) is 4.79 Å². The number of hydrogen-bond donors (Lipinski definition) is 2. The number of amides is 3.